The molecule has 19 heavy (non-hydrogen) atoms. The third-order valence-electron chi connectivity index (χ3n) is 3.92. The fraction of sp³-hybridized carbons (Fsp3) is 0.571. The summed E-state index contributed by atoms with van der Waals surface area (Å²) < 4.78 is 19.5. The maximum atomic E-state index is 13.6. The normalized spacial score (nSPS) is 30.7. The molecule has 0 aromatic carbocycles. The fourth-order valence-electron chi connectivity index (χ4n) is 2.88. The maximum absolute atomic E-state index is 13.6. The van der Waals surface area contributed by atoms with Crippen molar-refractivity contribution < 1.29 is 13.9 Å². The zero-order valence-corrected chi connectivity index (χ0v) is 11.4. The van der Waals surface area contributed by atoms with Gasteiger partial charge in [-0.05, 0) is 37.1 Å². The zero-order valence-electron chi connectivity index (χ0n) is 10.6. The van der Waals surface area contributed by atoms with E-state index >= 15 is 0 Å². The number of pyridine rings is 1. The van der Waals surface area contributed by atoms with E-state index < -0.39 is 5.82 Å². The first-order valence-electron chi connectivity index (χ1n) is 6.57. The van der Waals surface area contributed by atoms with E-state index in [9.17, 15) is 9.18 Å². The zero-order chi connectivity index (χ0) is 13.3. The summed E-state index contributed by atoms with van der Waals surface area (Å²) in [5.41, 5.74) is -0.177. The Morgan fingerprint density at radius 3 is 3.21 bits per heavy atom. The molecule has 2 unspecified atom stereocenters. The average molecular weight is 281 g/mol. The van der Waals surface area contributed by atoms with Crippen LogP contribution < -0.4 is 0 Å². The van der Waals surface area contributed by atoms with Gasteiger partial charge in [0.15, 0.2) is 11.6 Å². The largest absolute Gasteiger partial charge is 0.374 e. The van der Waals surface area contributed by atoms with Crippen molar-refractivity contribution in [1.82, 2.24) is 4.98 Å². The predicted octanol–water partition coefficient (Wildman–Crippen LogP) is 2.71. The van der Waals surface area contributed by atoms with Gasteiger partial charge in [-0.1, -0.05) is 0 Å². The quantitative estimate of drug-likeness (QED) is 0.781. The van der Waals surface area contributed by atoms with Crippen molar-refractivity contribution in [3.8, 4) is 0 Å². The molecule has 102 valence electrons. The van der Waals surface area contributed by atoms with E-state index in [-0.39, 0.29) is 23.0 Å². The fourth-order valence-corrected chi connectivity index (χ4v) is 4.25. The van der Waals surface area contributed by atoms with Gasteiger partial charge in [-0.25, -0.2) is 4.39 Å². The molecule has 1 aromatic heterocycles. The van der Waals surface area contributed by atoms with Crippen molar-refractivity contribution in [3.63, 3.8) is 0 Å². The van der Waals surface area contributed by atoms with Gasteiger partial charge >= 0.3 is 0 Å². The number of halogens is 1. The van der Waals surface area contributed by atoms with Crippen LogP contribution in [0.2, 0.25) is 0 Å². The van der Waals surface area contributed by atoms with Crippen LogP contribution in [0.15, 0.2) is 18.3 Å². The van der Waals surface area contributed by atoms with E-state index in [1.165, 1.54) is 18.3 Å². The van der Waals surface area contributed by atoms with Gasteiger partial charge in [0.2, 0.25) is 0 Å². The summed E-state index contributed by atoms with van der Waals surface area (Å²) in [6.45, 7) is 0.589. The van der Waals surface area contributed by atoms with E-state index in [2.05, 4.69) is 4.98 Å². The molecular formula is C14H16FNO2S. The molecular weight excluding hydrogens is 265 g/mol. The smallest absolute Gasteiger partial charge is 0.187 e. The summed E-state index contributed by atoms with van der Waals surface area (Å²) in [6.07, 6.45) is 3.83. The Kier molecular flexibility index (Phi) is 3.58. The number of hydrogen-bond acceptors (Lipinski definition) is 4. The van der Waals surface area contributed by atoms with E-state index in [4.69, 9.17) is 4.74 Å². The molecule has 2 aliphatic rings. The minimum Gasteiger partial charge on any atom is -0.374 e. The monoisotopic (exact) mass is 281 g/mol. The minimum absolute atomic E-state index is 0.0183. The van der Waals surface area contributed by atoms with Crippen LogP contribution in [0.3, 0.4) is 0 Å². The Morgan fingerprint density at radius 2 is 2.47 bits per heavy atom. The molecule has 0 N–H and O–H groups in total. The summed E-state index contributed by atoms with van der Waals surface area (Å²) in [7, 11) is 0. The highest BCUT2D eigenvalue weighted by Crippen LogP contribution is 2.41. The lowest BCUT2D eigenvalue weighted by Crippen LogP contribution is -2.42. The van der Waals surface area contributed by atoms with Crippen LogP contribution in [0, 0.1) is 11.7 Å². The molecule has 0 amide bonds. The third kappa shape index (κ3) is 2.54. The lowest BCUT2D eigenvalue weighted by atomic mass is 9.82. The number of ketones is 1. The van der Waals surface area contributed by atoms with E-state index in [0.29, 0.717) is 19.4 Å². The molecule has 3 heterocycles. The second-order valence-corrected chi connectivity index (χ2v) is 6.33. The van der Waals surface area contributed by atoms with Gasteiger partial charge in [0.25, 0.3) is 0 Å². The first-order valence-corrected chi connectivity index (χ1v) is 7.72. The number of carbonyl (C=O) groups is 1. The van der Waals surface area contributed by atoms with Gasteiger partial charge in [0.05, 0.1) is 5.60 Å². The predicted molar refractivity (Wildman–Crippen MR) is 71.9 cm³/mol. The number of thioether (sulfide) groups is 1. The molecule has 3 rings (SSSR count). The van der Waals surface area contributed by atoms with Crippen molar-refractivity contribution in [2.24, 2.45) is 5.92 Å². The Bertz CT molecular complexity index is 488. The van der Waals surface area contributed by atoms with Crippen molar-refractivity contribution in [2.75, 3.05) is 18.1 Å². The highest BCUT2D eigenvalue weighted by molar-refractivity contribution is 7.99. The lowest BCUT2D eigenvalue weighted by molar-refractivity contribution is -0.0735. The van der Waals surface area contributed by atoms with E-state index in [1.807, 2.05) is 11.8 Å². The number of ether oxygens (including phenoxy) is 1. The summed E-state index contributed by atoms with van der Waals surface area (Å²) >= 11 is 1.87. The van der Waals surface area contributed by atoms with Crippen LogP contribution in [0.5, 0.6) is 0 Å². The van der Waals surface area contributed by atoms with Crippen molar-refractivity contribution >= 4 is 17.5 Å². The Hall–Kier alpha value is -0.940. The molecule has 2 aliphatic heterocycles. The van der Waals surface area contributed by atoms with Gasteiger partial charge in [-0.2, -0.15) is 11.8 Å². The van der Waals surface area contributed by atoms with Gasteiger partial charge in [-0.3, -0.25) is 9.78 Å². The molecule has 0 saturated carbocycles. The average Bonchev–Trinajstić information content (AvgIpc) is 2.86. The van der Waals surface area contributed by atoms with Crippen LogP contribution in [0.25, 0.3) is 0 Å². The molecule has 2 saturated heterocycles. The second kappa shape index (κ2) is 5.21. The maximum Gasteiger partial charge on any atom is 0.187 e. The summed E-state index contributed by atoms with van der Waals surface area (Å²) in [6, 6.07) is 2.80. The third-order valence-corrected chi connectivity index (χ3v) is 5.15. The number of aromatic nitrogens is 1. The minimum atomic E-state index is -0.520. The van der Waals surface area contributed by atoms with Crippen LogP contribution in [-0.2, 0) is 4.74 Å². The molecule has 1 aromatic rings. The van der Waals surface area contributed by atoms with Crippen LogP contribution in [0.1, 0.15) is 29.8 Å². The lowest BCUT2D eigenvalue weighted by Gasteiger charge is -2.37. The number of carbonyl (C=O) groups excluding carboxylic acids is 1. The molecule has 0 aliphatic carbocycles. The van der Waals surface area contributed by atoms with Crippen LogP contribution >= 0.6 is 11.8 Å². The molecule has 2 atom stereocenters. The number of nitrogens with zero attached hydrogens (tertiary/aromatic N) is 1. The van der Waals surface area contributed by atoms with Gasteiger partial charge in [0.1, 0.15) is 5.69 Å². The van der Waals surface area contributed by atoms with Gasteiger partial charge in [0, 0.05) is 24.5 Å². The Balaban J connectivity index is 1.78. The van der Waals surface area contributed by atoms with Gasteiger partial charge < -0.3 is 4.74 Å². The summed E-state index contributed by atoms with van der Waals surface area (Å²) in [5.74, 6) is 1.18. The number of rotatable bonds is 2. The highest BCUT2D eigenvalue weighted by Gasteiger charge is 2.43. The molecule has 0 bridgehead atoms. The van der Waals surface area contributed by atoms with Crippen molar-refractivity contribution in [1.29, 1.82) is 0 Å². The summed E-state index contributed by atoms with van der Waals surface area (Å²) in [4.78, 5) is 16.3. The van der Waals surface area contributed by atoms with E-state index in [1.54, 1.807) is 0 Å². The highest BCUT2D eigenvalue weighted by atomic mass is 32.2. The number of hydrogen-bond donors (Lipinski definition) is 0. The van der Waals surface area contributed by atoms with E-state index in [0.717, 1.165) is 17.9 Å². The number of Topliss-reactive ketones (excluding diaryl/α,β-unsaturated/α-hetero) is 1. The molecule has 1 spiro atoms. The van der Waals surface area contributed by atoms with Crippen LogP contribution in [0.4, 0.5) is 4.39 Å². The molecule has 3 nitrogen and oxygen atoms in total. The molecule has 2 fully saturated rings. The first kappa shape index (κ1) is 13.1. The second-order valence-electron chi connectivity index (χ2n) is 5.22. The van der Waals surface area contributed by atoms with Crippen molar-refractivity contribution in [2.45, 2.75) is 24.9 Å². The van der Waals surface area contributed by atoms with Crippen molar-refractivity contribution in [3.05, 3.63) is 29.8 Å². The first-order chi connectivity index (χ1) is 9.20. The Morgan fingerprint density at radius 1 is 1.58 bits per heavy atom. The standard InChI is InChI=1S/C14H16FNO2S/c15-11-2-1-5-16-12(11)13(17)10-3-6-18-14(8-10)4-7-19-9-14/h1-2,5,10H,3-4,6-9H2. The van der Waals surface area contributed by atoms with Gasteiger partial charge in [-0.15, -0.1) is 0 Å². The Labute approximate surface area is 115 Å². The topological polar surface area (TPSA) is 39.2 Å². The molecule has 0 radical (unpaired) electrons. The SMILES string of the molecule is O=C(c1ncccc1F)C1CCOC2(CCSC2)C1. The summed E-state index contributed by atoms with van der Waals surface area (Å²) in [5, 5.41) is 0. The van der Waals surface area contributed by atoms with Crippen LogP contribution in [-0.4, -0.2) is 34.5 Å². The molecule has 5 heteroatoms.